The van der Waals surface area contributed by atoms with Gasteiger partial charge in [-0.1, -0.05) is 19.1 Å². The minimum Gasteiger partial charge on any atom is -0.478 e. The fraction of sp³-hybridized carbons (Fsp3) is 0.381. The standard InChI is InChI=1S/C21H26O8/c1-4-9-27-12-21(6-3,13-28-10-5-2)14-29-20(26)16-8-7-15(18(22)23)11-17(16)19(24)25/h4-5,7-8,11H,1-2,6,9-10,12-14H2,3H3,(H,22,23)(H,24,25). The number of rotatable bonds is 14. The molecular weight excluding hydrogens is 380 g/mol. The number of hydrogen-bond acceptors (Lipinski definition) is 6. The average Bonchev–Trinajstić information content (AvgIpc) is 2.71. The van der Waals surface area contributed by atoms with E-state index in [2.05, 4.69) is 13.2 Å². The topological polar surface area (TPSA) is 119 Å². The predicted molar refractivity (Wildman–Crippen MR) is 105 cm³/mol. The van der Waals surface area contributed by atoms with Gasteiger partial charge < -0.3 is 24.4 Å². The van der Waals surface area contributed by atoms with Crippen LogP contribution >= 0.6 is 0 Å². The van der Waals surface area contributed by atoms with Crippen LogP contribution in [0.5, 0.6) is 0 Å². The van der Waals surface area contributed by atoms with Crippen LogP contribution in [0.4, 0.5) is 0 Å². The third kappa shape index (κ3) is 7.17. The summed E-state index contributed by atoms with van der Waals surface area (Å²) in [5.41, 5.74) is -1.56. The molecule has 0 spiro atoms. The molecule has 0 aliphatic rings. The molecule has 8 heteroatoms. The number of carbonyl (C=O) groups is 3. The number of benzene rings is 1. The smallest absolute Gasteiger partial charge is 0.339 e. The monoisotopic (exact) mass is 406 g/mol. The maximum absolute atomic E-state index is 12.5. The number of esters is 1. The predicted octanol–water partition coefficient (Wildman–Crippen LogP) is 3.04. The van der Waals surface area contributed by atoms with Gasteiger partial charge in [0.1, 0.15) is 6.61 Å². The van der Waals surface area contributed by atoms with Gasteiger partial charge in [0.2, 0.25) is 0 Å². The zero-order valence-electron chi connectivity index (χ0n) is 16.4. The van der Waals surface area contributed by atoms with Gasteiger partial charge in [0.15, 0.2) is 0 Å². The second-order valence-electron chi connectivity index (χ2n) is 6.41. The van der Waals surface area contributed by atoms with Crippen LogP contribution in [-0.2, 0) is 14.2 Å². The van der Waals surface area contributed by atoms with Gasteiger partial charge in [-0.05, 0) is 24.6 Å². The Bertz CT molecular complexity index is 739. The van der Waals surface area contributed by atoms with Crippen molar-refractivity contribution in [2.75, 3.05) is 33.0 Å². The molecule has 0 bridgehead atoms. The SMILES string of the molecule is C=CCOCC(CC)(COCC=C)COC(=O)c1ccc(C(=O)O)cc1C(=O)O. The maximum atomic E-state index is 12.5. The quantitative estimate of drug-likeness (QED) is 0.275. The maximum Gasteiger partial charge on any atom is 0.339 e. The molecule has 0 aliphatic carbocycles. The molecule has 0 heterocycles. The normalized spacial score (nSPS) is 10.9. The third-order valence-corrected chi connectivity index (χ3v) is 4.26. The van der Waals surface area contributed by atoms with Crippen molar-refractivity contribution in [1.29, 1.82) is 0 Å². The summed E-state index contributed by atoms with van der Waals surface area (Å²) in [6.45, 7) is 10.1. The minimum absolute atomic E-state index is 0.0731. The van der Waals surface area contributed by atoms with Crippen LogP contribution < -0.4 is 0 Å². The molecule has 0 saturated carbocycles. The van der Waals surface area contributed by atoms with Crippen LogP contribution in [0.2, 0.25) is 0 Å². The van der Waals surface area contributed by atoms with Crippen molar-refractivity contribution in [3.05, 3.63) is 60.2 Å². The van der Waals surface area contributed by atoms with E-state index in [1.807, 2.05) is 6.92 Å². The van der Waals surface area contributed by atoms with Gasteiger partial charge in [-0.25, -0.2) is 14.4 Å². The second-order valence-corrected chi connectivity index (χ2v) is 6.41. The molecule has 1 aromatic carbocycles. The van der Waals surface area contributed by atoms with E-state index in [0.29, 0.717) is 19.6 Å². The zero-order chi connectivity index (χ0) is 21.9. The van der Waals surface area contributed by atoms with Gasteiger partial charge in [-0.15, -0.1) is 13.2 Å². The Kier molecular flexibility index (Phi) is 9.78. The van der Waals surface area contributed by atoms with Crippen LogP contribution in [0.1, 0.15) is 44.4 Å². The van der Waals surface area contributed by atoms with Gasteiger partial charge in [0.05, 0.1) is 48.5 Å². The number of aromatic carboxylic acids is 2. The highest BCUT2D eigenvalue weighted by molar-refractivity contribution is 6.04. The molecule has 1 aromatic rings. The number of carboxylic acid groups (broad SMARTS) is 2. The van der Waals surface area contributed by atoms with Crippen LogP contribution in [-0.4, -0.2) is 61.2 Å². The highest BCUT2D eigenvalue weighted by Crippen LogP contribution is 2.25. The lowest BCUT2D eigenvalue weighted by atomic mass is 9.88. The third-order valence-electron chi connectivity index (χ3n) is 4.26. The van der Waals surface area contributed by atoms with Crippen molar-refractivity contribution in [2.24, 2.45) is 5.41 Å². The number of carbonyl (C=O) groups excluding carboxylic acids is 1. The largest absolute Gasteiger partial charge is 0.478 e. The molecule has 158 valence electrons. The van der Waals surface area contributed by atoms with Gasteiger partial charge in [0.25, 0.3) is 0 Å². The summed E-state index contributed by atoms with van der Waals surface area (Å²) in [5, 5.41) is 18.3. The van der Waals surface area contributed by atoms with Gasteiger partial charge >= 0.3 is 17.9 Å². The lowest BCUT2D eigenvalue weighted by molar-refractivity contribution is -0.0512. The molecule has 29 heavy (non-hydrogen) atoms. The van der Waals surface area contributed by atoms with Gasteiger partial charge in [-0.3, -0.25) is 0 Å². The van der Waals surface area contributed by atoms with Crippen molar-refractivity contribution in [3.8, 4) is 0 Å². The molecule has 0 aromatic heterocycles. The van der Waals surface area contributed by atoms with E-state index in [9.17, 15) is 19.5 Å². The second kappa shape index (κ2) is 11.8. The Balaban J connectivity index is 3.01. The van der Waals surface area contributed by atoms with Crippen molar-refractivity contribution in [3.63, 3.8) is 0 Å². The van der Waals surface area contributed by atoms with Crippen LogP contribution in [0.25, 0.3) is 0 Å². The summed E-state index contributed by atoms with van der Waals surface area (Å²) in [6, 6.07) is 3.21. The lowest BCUT2D eigenvalue weighted by Crippen LogP contribution is -2.38. The van der Waals surface area contributed by atoms with Gasteiger partial charge in [0, 0.05) is 0 Å². The fourth-order valence-corrected chi connectivity index (χ4v) is 2.48. The molecule has 0 radical (unpaired) electrons. The van der Waals surface area contributed by atoms with Crippen LogP contribution in [0.15, 0.2) is 43.5 Å². The average molecular weight is 406 g/mol. The fourth-order valence-electron chi connectivity index (χ4n) is 2.48. The molecule has 0 fully saturated rings. The molecule has 8 nitrogen and oxygen atoms in total. The molecule has 2 N–H and O–H groups in total. The first-order valence-electron chi connectivity index (χ1n) is 8.95. The summed E-state index contributed by atoms with van der Waals surface area (Å²) in [5.74, 6) is -3.59. The Hall–Kier alpha value is -2.97. The molecule has 0 unspecified atom stereocenters. The van der Waals surface area contributed by atoms with Crippen LogP contribution in [0.3, 0.4) is 0 Å². The summed E-state index contributed by atoms with van der Waals surface area (Å²) >= 11 is 0. The van der Waals surface area contributed by atoms with Crippen molar-refractivity contribution in [2.45, 2.75) is 13.3 Å². The highest BCUT2D eigenvalue weighted by Gasteiger charge is 2.32. The van der Waals surface area contributed by atoms with Gasteiger partial charge in [-0.2, -0.15) is 0 Å². The molecule has 0 atom stereocenters. The first-order valence-corrected chi connectivity index (χ1v) is 8.95. The molecule has 0 aliphatic heterocycles. The first kappa shape index (κ1) is 24.1. The van der Waals surface area contributed by atoms with E-state index in [4.69, 9.17) is 19.3 Å². The molecular formula is C21H26O8. The van der Waals surface area contributed by atoms with Crippen molar-refractivity contribution in [1.82, 2.24) is 0 Å². The van der Waals surface area contributed by atoms with Crippen LogP contribution in [0, 0.1) is 5.41 Å². The highest BCUT2D eigenvalue weighted by atomic mass is 16.5. The summed E-state index contributed by atoms with van der Waals surface area (Å²) in [7, 11) is 0. The lowest BCUT2D eigenvalue weighted by Gasteiger charge is -2.31. The van der Waals surface area contributed by atoms with E-state index in [1.54, 1.807) is 12.2 Å². The number of ether oxygens (including phenoxy) is 3. The van der Waals surface area contributed by atoms with E-state index < -0.39 is 28.9 Å². The van der Waals surface area contributed by atoms with Crippen molar-refractivity contribution >= 4 is 17.9 Å². The zero-order valence-corrected chi connectivity index (χ0v) is 16.4. The number of carboxylic acids is 2. The Labute approximate surface area is 169 Å². The molecule has 0 saturated heterocycles. The Morgan fingerprint density at radius 2 is 1.55 bits per heavy atom. The Morgan fingerprint density at radius 3 is 2.00 bits per heavy atom. The van der Waals surface area contributed by atoms with E-state index >= 15 is 0 Å². The molecule has 0 amide bonds. The van der Waals surface area contributed by atoms with E-state index in [1.165, 1.54) is 0 Å². The van der Waals surface area contributed by atoms with E-state index in [-0.39, 0.29) is 30.9 Å². The summed E-state index contributed by atoms with van der Waals surface area (Å²) in [6.07, 6.45) is 3.76. The minimum atomic E-state index is -1.43. The number of hydrogen-bond donors (Lipinski definition) is 2. The molecule has 1 rings (SSSR count). The van der Waals surface area contributed by atoms with E-state index in [0.717, 1.165) is 18.2 Å². The first-order chi connectivity index (χ1) is 13.8. The van der Waals surface area contributed by atoms with Crippen molar-refractivity contribution < 1.29 is 38.8 Å². The summed E-state index contributed by atoms with van der Waals surface area (Å²) < 4.78 is 16.5. The Morgan fingerprint density at radius 1 is 0.966 bits per heavy atom. The summed E-state index contributed by atoms with van der Waals surface area (Å²) in [4.78, 5) is 35.0.